The molecule has 1 aromatic carbocycles. The van der Waals surface area contributed by atoms with E-state index in [0.29, 0.717) is 15.7 Å². The number of fused-ring (bicyclic) bond motifs is 1. The summed E-state index contributed by atoms with van der Waals surface area (Å²) in [7, 11) is 0. The number of carbonyl (C=O) groups excluding carboxylic acids is 1. The SMILES string of the molecule is NCC(=O)Nc1cccc(-c2nn3c(N4CCNCC4)cc(=O)nc3s2)c1. The highest BCUT2D eigenvalue weighted by atomic mass is 32.1. The Morgan fingerprint density at radius 1 is 1.30 bits per heavy atom. The maximum atomic E-state index is 12.1. The third kappa shape index (κ3) is 3.68. The van der Waals surface area contributed by atoms with Crippen molar-refractivity contribution in [2.24, 2.45) is 5.73 Å². The van der Waals surface area contributed by atoms with Crippen LogP contribution in [-0.2, 0) is 4.79 Å². The van der Waals surface area contributed by atoms with Crippen LogP contribution < -0.4 is 26.8 Å². The summed E-state index contributed by atoms with van der Waals surface area (Å²) in [6, 6.07) is 8.88. The van der Waals surface area contributed by atoms with Crippen molar-refractivity contribution in [1.82, 2.24) is 19.9 Å². The Hall–Kier alpha value is -2.82. The van der Waals surface area contributed by atoms with Gasteiger partial charge < -0.3 is 21.3 Å². The largest absolute Gasteiger partial charge is 0.354 e. The zero-order chi connectivity index (χ0) is 18.8. The Balaban J connectivity index is 1.74. The highest BCUT2D eigenvalue weighted by Gasteiger charge is 2.18. The van der Waals surface area contributed by atoms with Gasteiger partial charge in [0.25, 0.3) is 5.56 Å². The molecule has 1 fully saturated rings. The van der Waals surface area contributed by atoms with Gasteiger partial charge in [-0.15, -0.1) is 0 Å². The lowest BCUT2D eigenvalue weighted by molar-refractivity contribution is -0.114. The maximum Gasteiger partial charge on any atom is 0.276 e. The summed E-state index contributed by atoms with van der Waals surface area (Å²) in [4.78, 5) is 30.3. The van der Waals surface area contributed by atoms with Gasteiger partial charge in [-0.1, -0.05) is 23.5 Å². The Kier molecular flexibility index (Phi) is 4.84. The summed E-state index contributed by atoms with van der Waals surface area (Å²) in [5.41, 5.74) is 6.55. The minimum atomic E-state index is -0.275. The topological polar surface area (TPSA) is 118 Å². The molecular weight excluding hydrogens is 366 g/mol. The summed E-state index contributed by atoms with van der Waals surface area (Å²) < 4.78 is 1.72. The molecule has 10 heteroatoms. The average Bonchev–Trinajstić information content (AvgIpc) is 3.12. The van der Waals surface area contributed by atoms with E-state index in [9.17, 15) is 9.59 Å². The van der Waals surface area contributed by atoms with Crippen LogP contribution in [0.25, 0.3) is 15.5 Å². The fourth-order valence-corrected chi connectivity index (χ4v) is 3.88. The Bertz CT molecular complexity index is 1040. The maximum absolute atomic E-state index is 12.1. The van der Waals surface area contributed by atoms with Crippen molar-refractivity contribution >= 4 is 33.7 Å². The first kappa shape index (κ1) is 17.6. The molecule has 0 spiro atoms. The number of aromatic nitrogens is 3. The van der Waals surface area contributed by atoms with Gasteiger partial charge in [0.15, 0.2) is 0 Å². The van der Waals surface area contributed by atoms with Crippen LogP contribution in [0.2, 0.25) is 0 Å². The minimum Gasteiger partial charge on any atom is -0.354 e. The van der Waals surface area contributed by atoms with Gasteiger partial charge in [-0.25, -0.2) is 0 Å². The molecule has 9 nitrogen and oxygen atoms in total. The zero-order valence-electron chi connectivity index (χ0n) is 14.5. The molecule has 0 saturated carbocycles. The molecule has 3 heterocycles. The second-order valence-corrected chi connectivity index (χ2v) is 7.08. The van der Waals surface area contributed by atoms with E-state index in [0.717, 1.165) is 37.6 Å². The molecule has 1 saturated heterocycles. The first-order valence-corrected chi connectivity index (χ1v) is 9.42. The molecule has 140 valence electrons. The molecule has 27 heavy (non-hydrogen) atoms. The van der Waals surface area contributed by atoms with Crippen molar-refractivity contribution in [2.45, 2.75) is 0 Å². The number of hydrogen-bond acceptors (Lipinski definition) is 8. The quantitative estimate of drug-likeness (QED) is 0.584. The number of amides is 1. The number of benzene rings is 1. The van der Waals surface area contributed by atoms with E-state index in [1.165, 1.54) is 17.4 Å². The number of carbonyl (C=O) groups is 1. The summed E-state index contributed by atoms with van der Waals surface area (Å²) >= 11 is 1.34. The van der Waals surface area contributed by atoms with Crippen molar-refractivity contribution in [3.05, 3.63) is 40.7 Å². The van der Waals surface area contributed by atoms with Crippen molar-refractivity contribution < 1.29 is 4.79 Å². The molecular formula is C17H19N7O2S. The third-order valence-electron chi connectivity index (χ3n) is 4.26. The zero-order valence-corrected chi connectivity index (χ0v) is 15.3. The number of piperazine rings is 1. The van der Waals surface area contributed by atoms with Gasteiger partial charge in [0, 0.05) is 43.5 Å². The van der Waals surface area contributed by atoms with Crippen molar-refractivity contribution in [3.8, 4) is 10.6 Å². The first-order chi connectivity index (χ1) is 13.1. The van der Waals surface area contributed by atoms with Crippen LogP contribution in [0.15, 0.2) is 35.1 Å². The van der Waals surface area contributed by atoms with E-state index in [-0.39, 0.29) is 18.0 Å². The lowest BCUT2D eigenvalue weighted by atomic mass is 10.2. The second-order valence-electron chi connectivity index (χ2n) is 6.12. The Morgan fingerprint density at radius 2 is 2.11 bits per heavy atom. The fraction of sp³-hybridized carbons (Fsp3) is 0.294. The van der Waals surface area contributed by atoms with Crippen molar-refractivity contribution in [2.75, 3.05) is 42.9 Å². The predicted molar refractivity (Wildman–Crippen MR) is 105 cm³/mol. The van der Waals surface area contributed by atoms with Gasteiger partial charge in [0.05, 0.1) is 6.54 Å². The lowest BCUT2D eigenvalue weighted by Crippen LogP contribution is -2.44. The normalized spacial score (nSPS) is 14.5. The molecule has 0 radical (unpaired) electrons. The standard InChI is InChI=1S/C17H19N7O2S/c18-10-14(26)20-12-3-1-2-11(8-12)16-22-24-15(23-6-4-19-5-7-23)9-13(25)21-17(24)27-16/h1-3,8-9,19H,4-7,10,18H2,(H,20,26). The molecule has 0 atom stereocenters. The highest BCUT2D eigenvalue weighted by molar-refractivity contribution is 7.19. The van der Waals surface area contributed by atoms with Crippen LogP contribution in [0.4, 0.5) is 11.5 Å². The van der Waals surface area contributed by atoms with E-state index in [1.807, 2.05) is 18.2 Å². The van der Waals surface area contributed by atoms with Gasteiger partial charge in [0.1, 0.15) is 10.8 Å². The molecule has 0 aliphatic carbocycles. The Labute approximate surface area is 158 Å². The number of rotatable bonds is 4. The molecule has 1 aliphatic heterocycles. The fourth-order valence-electron chi connectivity index (χ4n) is 2.98. The van der Waals surface area contributed by atoms with Crippen LogP contribution >= 0.6 is 11.3 Å². The molecule has 3 aromatic rings. The molecule has 0 bridgehead atoms. The van der Waals surface area contributed by atoms with Gasteiger partial charge in [0.2, 0.25) is 10.9 Å². The van der Waals surface area contributed by atoms with Crippen LogP contribution in [0.1, 0.15) is 0 Å². The molecule has 1 aliphatic rings. The van der Waals surface area contributed by atoms with Gasteiger partial charge in [-0.05, 0) is 12.1 Å². The molecule has 4 rings (SSSR count). The van der Waals surface area contributed by atoms with Crippen molar-refractivity contribution in [1.29, 1.82) is 0 Å². The van der Waals surface area contributed by atoms with Crippen molar-refractivity contribution in [3.63, 3.8) is 0 Å². The third-order valence-corrected chi connectivity index (χ3v) is 5.21. The van der Waals surface area contributed by atoms with Gasteiger partial charge >= 0.3 is 0 Å². The summed E-state index contributed by atoms with van der Waals surface area (Å²) in [5.74, 6) is 0.492. The number of nitrogens with two attached hydrogens (primary N) is 1. The van der Waals surface area contributed by atoms with Gasteiger partial charge in [-0.3, -0.25) is 9.59 Å². The molecule has 0 unspecified atom stereocenters. The molecule has 2 aromatic heterocycles. The van der Waals surface area contributed by atoms with Crippen LogP contribution in [0.3, 0.4) is 0 Å². The molecule has 4 N–H and O–H groups in total. The van der Waals surface area contributed by atoms with E-state index in [1.54, 1.807) is 10.6 Å². The number of hydrogen-bond donors (Lipinski definition) is 3. The van der Waals surface area contributed by atoms with E-state index in [4.69, 9.17) is 5.73 Å². The van der Waals surface area contributed by atoms with E-state index < -0.39 is 0 Å². The smallest absolute Gasteiger partial charge is 0.276 e. The highest BCUT2D eigenvalue weighted by Crippen LogP contribution is 2.28. The Morgan fingerprint density at radius 3 is 2.89 bits per heavy atom. The number of nitrogens with zero attached hydrogens (tertiary/aromatic N) is 4. The summed E-state index contributed by atoms with van der Waals surface area (Å²) in [6.07, 6.45) is 0. The van der Waals surface area contributed by atoms with Crippen LogP contribution in [0, 0.1) is 0 Å². The average molecular weight is 385 g/mol. The monoisotopic (exact) mass is 385 g/mol. The predicted octanol–water partition coefficient (Wildman–Crippen LogP) is 0.125. The first-order valence-electron chi connectivity index (χ1n) is 8.61. The second kappa shape index (κ2) is 7.43. The number of anilines is 2. The number of nitrogens with one attached hydrogen (secondary N) is 2. The van der Waals surface area contributed by atoms with Crippen LogP contribution in [0.5, 0.6) is 0 Å². The summed E-state index contributed by atoms with van der Waals surface area (Å²) in [5, 5.41) is 11.4. The van der Waals surface area contributed by atoms with Gasteiger partial charge in [-0.2, -0.15) is 14.6 Å². The van der Waals surface area contributed by atoms with Crippen LogP contribution in [-0.4, -0.2) is 53.2 Å². The van der Waals surface area contributed by atoms with E-state index >= 15 is 0 Å². The van der Waals surface area contributed by atoms with E-state index in [2.05, 4.69) is 25.6 Å². The summed E-state index contributed by atoms with van der Waals surface area (Å²) in [6.45, 7) is 3.25. The molecule has 1 amide bonds. The minimum absolute atomic E-state index is 0.0779. The lowest BCUT2D eigenvalue weighted by Gasteiger charge is -2.28.